The molecule has 3 aromatic rings. The van der Waals surface area contributed by atoms with E-state index in [4.69, 9.17) is 0 Å². The Morgan fingerprint density at radius 2 is 2.19 bits per heavy atom. The second kappa shape index (κ2) is 7.42. The molecule has 0 radical (unpaired) electrons. The number of piperidine rings is 1. The summed E-state index contributed by atoms with van der Waals surface area (Å²) in [5, 5.41) is 11.5. The lowest BCUT2D eigenvalue weighted by molar-refractivity contribution is 0.178. The van der Waals surface area contributed by atoms with Crippen molar-refractivity contribution in [3.63, 3.8) is 0 Å². The number of para-hydroxylation sites is 1. The molecule has 142 valence electrons. The Morgan fingerprint density at radius 3 is 3.00 bits per heavy atom. The lowest BCUT2D eigenvalue weighted by atomic mass is 9.98. The van der Waals surface area contributed by atoms with E-state index in [1.54, 1.807) is 0 Å². The van der Waals surface area contributed by atoms with Gasteiger partial charge >= 0.3 is 6.03 Å². The topological polar surface area (TPSA) is 78.8 Å². The number of carbonyl (C=O) groups excluding carboxylic acids is 1. The van der Waals surface area contributed by atoms with Gasteiger partial charge in [-0.1, -0.05) is 18.2 Å². The van der Waals surface area contributed by atoms with Gasteiger partial charge in [0.05, 0.1) is 0 Å². The number of aromatic amines is 1. The van der Waals surface area contributed by atoms with Gasteiger partial charge in [-0.3, -0.25) is 5.10 Å². The predicted molar refractivity (Wildman–Crippen MR) is 105 cm³/mol. The molecule has 0 bridgehead atoms. The quantitative estimate of drug-likeness (QED) is 0.745. The van der Waals surface area contributed by atoms with Gasteiger partial charge in [0.1, 0.15) is 5.82 Å². The van der Waals surface area contributed by atoms with Gasteiger partial charge in [0.25, 0.3) is 0 Å². The number of carbonyl (C=O) groups is 1. The van der Waals surface area contributed by atoms with Crippen LogP contribution in [0.5, 0.6) is 0 Å². The maximum atomic E-state index is 12.6. The van der Waals surface area contributed by atoms with Gasteiger partial charge in [-0.25, -0.2) is 9.78 Å². The summed E-state index contributed by atoms with van der Waals surface area (Å²) in [6, 6.07) is 10.5. The molecule has 2 aromatic heterocycles. The van der Waals surface area contributed by atoms with Crippen LogP contribution in [-0.4, -0.2) is 50.3 Å². The number of hydrogen-bond acceptors (Lipinski definition) is 3. The summed E-state index contributed by atoms with van der Waals surface area (Å²) < 4.78 is 2.26. The molecular formula is C20H26N6O. The molecule has 1 aromatic carbocycles. The number of aryl methyl sites for hydroxylation is 2. The highest BCUT2D eigenvalue weighted by Gasteiger charge is 2.27. The average molecular weight is 366 g/mol. The maximum Gasteiger partial charge on any atom is 0.317 e. The van der Waals surface area contributed by atoms with E-state index in [1.807, 2.05) is 11.8 Å². The smallest absolute Gasteiger partial charge is 0.317 e. The summed E-state index contributed by atoms with van der Waals surface area (Å²) in [4.78, 5) is 18.9. The molecule has 4 rings (SSSR count). The molecule has 7 heteroatoms. The minimum absolute atomic E-state index is 0.000993. The minimum atomic E-state index is 0.000993. The van der Waals surface area contributed by atoms with Gasteiger partial charge < -0.3 is 14.8 Å². The van der Waals surface area contributed by atoms with Crippen LogP contribution in [0.2, 0.25) is 0 Å². The molecular weight excluding hydrogens is 340 g/mol. The van der Waals surface area contributed by atoms with E-state index in [9.17, 15) is 4.79 Å². The second-order valence-electron chi connectivity index (χ2n) is 7.29. The zero-order valence-electron chi connectivity index (χ0n) is 15.9. The average Bonchev–Trinajstić information content (AvgIpc) is 3.25. The van der Waals surface area contributed by atoms with Gasteiger partial charge in [-0.2, -0.15) is 5.10 Å². The fourth-order valence-corrected chi connectivity index (χ4v) is 3.95. The van der Waals surface area contributed by atoms with Crippen molar-refractivity contribution in [3.05, 3.63) is 47.7 Å². The first-order valence-corrected chi connectivity index (χ1v) is 9.58. The van der Waals surface area contributed by atoms with Crippen molar-refractivity contribution in [1.82, 2.24) is 30.0 Å². The van der Waals surface area contributed by atoms with E-state index in [0.717, 1.165) is 37.6 Å². The Bertz CT molecular complexity index is 943. The highest BCUT2D eigenvalue weighted by Crippen LogP contribution is 2.24. The summed E-state index contributed by atoms with van der Waals surface area (Å²) in [5.74, 6) is 1.85. The van der Waals surface area contributed by atoms with Gasteiger partial charge in [0.2, 0.25) is 0 Å². The predicted octanol–water partition coefficient (Wildman–Crippen LogP) is 2.97. The first-order chi connectivity index (χ1) is 13.1. The fourth-order valence-electron chi connectivity index (χ4n) is 3.95. The molecule has 3 heterocycles. The third kappa shape index (κ3) is 3.67. The molecule has 1 unspecified atom stereocenters. The van der Waals surface area contributed by atoms with E-state index in [2.05, 4.69) is 62.3 Å². The molecule has 7 nitrogen and oxygen atoms in total. The summed E-state index contributed by atoms with van der Waals surface area (Å²) in [7, 11) is 0. The van der Waals surface area contributed by atoms with Gasteiger partial charge in [0.15, 0.2) is 5.82 Å². The Hall–Kier alpha value is -2.83. The van der Waals surface area contributed by atoms with Crippen molar-refractivity contribution in [1.29, 1.82) is 0 Å². The van der Waals surface area contributed by atoms with Crippen molar-refractivity contribution in [2.75, 3.05) is 19.6 Å². The third-order valence-electron chi connectivity index (χ3n) is 5.32. The number of nitrogens with one attached hydrogen (secondary N) is 2. The number of amides is 2. The monoisotopic (exact) mass is 366 g/mol. The van der Waals surface area contributed by atoms with Crippen LogP contribution in [0.3, 0.4) is 0 Å². The van der Waals surface area contributed by atoms with E-state index in [1.165, 1.54) is 16.6 Å². The molecule has 1 aliphatic heterocycles. The third-order valence-corrected chi connectivity index (χ3v) is 5.32. The highest BCUT2D eigenvalue weighted by atomic mass is 16.2. The number of rotatable bonds is 4. The Kier molecular flexibility index (Phi) is 4.83. The zero-order valence-corrected chi connectivity index (χ0v) is 15.9. The lowest BCUT2D eigenvalue weighted by Crippen LogP contribution is -2.45. The van der Waals surface area contributed by atoms with E-state index < -0.39 is 0 Å². The minimum Gasteiger partial charge on any atom is -0.343 e. The molecule has 1 fully saturated rings. The fraction of sp³-hybridized carbons (Fsp3) is 0.450. The van der Waals surface area contributed by atoms with Crippen molar-refractivity contribution in [3.8, 4) is 0 Å². The zero-order chi connectivity index (χ0) is 18.8. The van der Waals surface area contributed by atoms with E-state index in [0.29, 0.717) is 13.1 Å². The van der Waals surface area contributed by atoms with Crippen molar-refractivity contribution < 1.29 is 4.79 Å². The van der Waals surface area contributed by atoms with E-state index >= 15 is 0 Å². The van der Waals surface area contributed by atoms with Crippen molar-refractivity contribution >= 4 is 16.9 Å². The van der Waals surface area contributed by atoms with Crippen LogP contribution >= 0.6 is 0 Å². The lowest BCUT2D eigenvalue weighted by Gasteiger charge is -2.31. The standard InChI is InChI=1S/C20H26N6O/c1-14-12-16-6-3-4-8-18(16)26(14)11-9-21-20(27)25-10-5-7-17(13-25)19-22-15(2)23-24-19/h3-4,6,8,12,17H,5,7,9-11,13H2,1-2H3,(H,21,27)(H,22,23,24). The summed E-state index contributed by atoms with van der Waals surface area (Å²) >= 11 is 0. The molecule has 1 aliphatic rings. The van der Waals surface area contributed by atoms with Crippen LogP contribution in [0.1, 0.15) is 36.1 Å². The molecule has 1 atom stereocenters. The number of urea groups is 1. The van der Waals surface area contributed by atoms with Gasteiger partial charge in [-0.05, 0) is 44.2 Å². The normalized spacial score (nSPS) is 17.4. The number of likely N-dealkylation sites (tertiary alicyclic amines) is 1. The van der Waals surface area contributed by atoms with Crippen LogP contribution in [0, 0.1) is 13.8 Å². The van der Waals surface area contributed by atoms with Gasteiger partial charge in [0, 0.05) is 43.3 Å². The van der Waals surface area contributed by atoms with Gasteiger partial charge in [-0.15, -0.1) is 0 Å². The van der Waals surface area contributed by atoms with Crippen molar-refractivity contribution in [2.45, 2.75) is 39.2 Å². The Morgan fingerprint density at radius 1 is 1.33 bits per heavy atom. The van der Waals surface area contributed by atoms with E-state index in [-0.39, 0.29) is 11.9 Å². The first kappa shape index (κ1) is 17.6. The number of H-pyrrole nitrogens is 1. The number of benzene rings is 1. The largest absolute Gasteiger partial charge is 0.343 e. The molecule has 0 spiro atoms. The van der Waals surface area contributed by atoms with Crippen LogP contribution in [0.15, 0.2) is 30.3 Å². The highest BCUT2D eigenvalue weighted by molar-refractivity contribution is 5.81. The number of hydrogen-bond donors (Lipinski definition) is 2. The molecule has 2 amide bonds. The molecule has 0 aliphatic carbocycles. The summed E-state index contributed by atoms with van der Waals surface area (Å²) in [6.45, 7) is 6.85. The summed E-state index contributed by atoms with van der Waals surface area (Å²) in [6.07, 6.45) is 2.00. The number of aromatic nitrogens is 4. The van der Waals surface area contributed by atoms with Crippen LogP contribution < -0.4 is 5.32 Å². The van der Waals surface area contributed by atoms with Crippen LogP contribution in [0.25, 0.3) is 10.9 Å². The number of nitrogens with zero attached hydrogens (tertiary/aromatic N) is 4. The second-order valence-corrected chi connectivity index (χ2v) is 7.29. The molecule has 27 heavy (non-hydrogen) atoms. The Labute approximate surface area is 158 Å². The summed E-state index contributed by atoms with van der Waals surface area (Å²) in [5.41, 5.74) is 2.42. The SMILES string of the molecule is Cc1nc(C2CCCN(C(=O)NCCn3c(C)cc4ccccc43)C2)n[nH]1. The number of fused-ring (bicyclic) bond motifs is 1. The molecule has 1 saturated heterocycles. The van der Waals surface area contributed by atoms with Crippen molar-refractivity contribution in [2.24, 2.45) is 0 Å². The van der Waals surface area contributed by atoms with Crippen LogP contribution in [0.4, 0.5) is 4.79 Å². The maximum absolute atomic E-state index is 12.6. The molecule has 2 N–H and O–H groups in total. The molecule has 0 saturated carbocycles. The van der Waals surface area contributed by atoms with Crippen LogP contribution in [-0.2, 0) is 6.54 Å². The Balaban J connectivity index is 1.34. The first-order valence-electron chi connectivity index (χ1n) is 9.58.